The molecule has 1 aromatic heterocycles. The van der Waals surface area contributed by atoms with Gasteiger partial charge < -0.3 is 9.47 Å². The van der Waals surface area contributed by atoms with Gasteiger partial charge in [-0.05, 0) is 76.3 Å². The predicted molar refractivity (Wildman–Crippen MR) is 198 cm³/mol. The van der Waals surface area contributed by atoms with Gasteiger partial charge in [0, 0.05) is 38.8 Å². The van der Waals surface area contributed by atoms with E-state index in [-0.39, 0.29) is 5.41 Å². The lowest BCUT2D eigenvalue weighted by atomic mass is 9.82. The molecule has 224 valence electrons. The van der Waals surface area contributed by atoms with Crippen molar-refractivity contribution in [2.24, 2.45) is 0 Å². The van der Waals surface area contributed by atoms with Crippen molar-refractivity contribution in [2.45, 2.75) is 19.3 Å². The number of fused-ring (bicyclic) bond motifs is 6. The van der Waals surface area contributed by atoms with Gasteiger partial charge in [0.2, 0.25) is 0 Å². The fourth-order valence-corrected chi connectivity index (χ4v) is 7.80. The number of hydrogen-bond donors (Lipinski definition) is 0. The van der Waals surface area contributed by atoms with Crippen LogP contribution in [0.4, 0.5) is 17.1 Å². The highest BCUT2D eigenvalue weighted by molar-refractivity contribution is 6.17. The second kappa shape index (κ2) is 10.6. The monoisotopic (exact) mass is 602 g/mol. The molecular weight excluding hydrogens is 569 g/mol. The number of hydrogen-bond acceptors (Lipinski definition) is 1. The minimum atomic E-state index is -0.101. The summed E-state index contributed by atoms with van der Waals surface area (Å²) in [7, 11) is 0. The van der Waals surface area contributed by atoms with Gasteiger partial charge in [0.15, 0.2) is 0 Å². The Morgan fingerprint density at radius 2 is 1.13 bits per heavy atom. The molecule has 2 nitrogen and oxygen atoms in total. The molecule has 0 spiro atoms. The molecule has 8 aromatic rings. The second-order valence-electron chi connectivity index (χ2n) is 13.0. The van der Waals surface area contributed by atoms with Crippen molar-refractivity contribution < 1.29 is 0 Å². The summed E-state index contributed by atoms with van der Waals surface area (Å²) in [6.45, 7) is 4.71. The van der Waals surface area contributed by atoms with Crippen molar-refractivity contribution in [2.75, 3.05) is 4.90 Å². The van der Waals surface area contributed by atoms with Crippen LogP contribution in [0.15, 0.2) is 170 Å². The quantitative estimate of drug-likeness (QED) is 0.190. The van der Waals surface area contributed by atoms with Crippen LogP contribution in [0, 0.1) is 0 Å². The van der Waals surface area contributed by atoms with Gasteiger partial charge in [-0.3, -0.25) is 0 Å². The van der Waals surface area contributed by atoms with Gasteiger partial charge in [-0.15, -0.1) is 0 Å². The fraction of sp³-hybridized carbons (Fsp3) is 0.0667. The van der Waals surface area contributed by atoms with Crippen LogP contribution in [0.3, 0.4) is 0 Å². The third-order valence-electron chi connectivity index (χ3n) is 9.97. The van der Waals surface area contributed by atoms with E-state index in [4.69, 9.17) is 0 Å². The van der Waals surface area contributed by atoms with Gasteiger partial charge in [0.25, 0.3) is 0 Å². The van der Waals surface area contributed by atoms with E-state index in [1.54, 1.807) is 0 Å². The normalized spacial score (nSPS) is 13.1. The highest BCUT2D eigenvalue weighted by atomic mass is 15.1. The lowest BCUT2D eigenvalue weighted by molar-refractivity contribution is 0.660. The van der Waals surface area contributed by atoms with Crippen LogP contribution >= 0.6 is 0 Å². The fourth-order valence-electron chi connectivity index (χ4n) is 7.80. The van der Waals surface area contributed by atoms with E-state index in [2.05, 4.69) is 193 Å². The van der Waals surface area contributed by atoms with Crippen molar-refractivity contribution in [1.29, 1.82) is 0 Å². The molecule has 0 fully saturated rings. The Balaban J connectivity index is 1.39. The second-order valence-corrected chi connectivity index (χ2v) is 13.0. The first-order valence-corrected chi connectivity index (χ1v) is 16.4. The van der Waals surface area contributed by atoms with Crippen molar-refractivity contribution in [1.82, 2.24) is 4.57 Å². The molecule has 47 heavy (non-hydrogen) atoms. The van der Waals surface area contributed by atoms with Crippen LogP contribution in [0.25, 0.3) is 49.7 Å². The molecule has 0 amide bonds. The molecule has 1 aliphatic rings. The molecule has 0 aliphatic heterocycles. The van der Waals surface area contributed by atoms with Crippen LogP contribution in [-0.2, 0) is 5.41 Å². The summed E-state index contributed by atoms with van der Waals surface area (Å²) < 4.78 is 2.45. The van der Waals surface area contributed by atoms with Gasteiger partial charge in [-0.25, -0.2) is 0 Å². The smallest absolute Gasteiger partial charge is 0.0640 e. The zero-order valence-corrected chi connectivity index (χ0v) is 26.6. The summed E-state index contributed by atoms with van der Waals surface area (Å²) in [4.78, 5) is 2.45. The topological polar surface area (TPSA) is 8.17 Å². The van der Waals surface area contributed by atoms with Crippen molar-refractivity contribution in [3.05, 3.63) is 181 Å². The number of rotatable bonds is 5. The number of nitrogens with zero attached hydrogens (tertiary/aromatic N) is 2. The molecule has 0 N–H and O–H groups in total. The Hall–Kier alpha value is -5.86. The molecule has 1 aliphatic carbocycles. The zero-order valence-electron chi connectivity index (χ0n) is 26.6. The summed E-state index contributed by atoms with van der Waals surface area (Å²) >= 11 is 0. The van der Waals surface area contributed by atoms with Crippen molar-refractivity contribution >= 4 is 38.9 Å². The largest absolute Gasteiger partial charge is 0.310 e. The van der Waals surface area contributed by atoms with Gasteiger partial charge in [0.1, 0.15) is 0 Å². The SMILES string of the molecule is CC1(C)c2ccccc2-c2ccc(N(c3ccccc3)c3ccc4c5ccccc5n(-c5ccccc5)c4c3-c3ccccc3)cc21. The van der Waals surface area contributed by atoms with Crippen LogP contribution in [0.1, 0.15) is 25.0 Å². The molecule has 9 rings (SSSR count). The van der Waals surface area contributed by atoms with Crippen molar-refractivity contribution in [3.8, 4) is 27.9 Å². The van der Waals surface area contributed by atoms with Crippen LogP contribution in [0.2, 0.25) is 0 Å². The lowest BCUT2D eigenvalue weighted by Crippen LogP contribution is -2.17. The average Bonchev–Trinajstić information content (AvgIpc) is 3.58. The third-order valence-corrected chi connectivity index (χ3v) is 9.97. The molecule has 1 heterocycles. The maximum absolute atomic E-state index is 2.45. The highest BCUT2D eigenvalue weighted by Gasteiger charge is 2.36. The van der Waals surface area contributed by atoms with E-state index in [9.17, 15) is 0 Å². The maximum Gasteiger partial charge on any atom is 0.0640 e. The Bertz CT molecular complexity index is 2420. The van der Waals surface area contributed by atoms with E-state index in [1.165, 1.54) is 55.2 Å². The summed E-state index contributed by atoms with van der Waals surface area (Å²) in [5.74, 6) is 0. The Morgan fingerprint density at radius 3 is 1.91 bits per heavy atom. The number of aromatic nitrogens is 1. The molecule has 2 heteroatoms. The molecular formula is C45H34N2. The van der Waals surface area contributed by atoms with Crippen LogP contribution in [0.5, 0.6) is 0 Å². The van der Waals surface area contributed by atoms with Gasteiger partial charge in [-0.2, -0.15) is 0 Å². The summed E-state index contributed by atoms with van der Waals surface area (Å²) in [6, 6.07) is 61.8. The summed E-state index contributed by atoms with van der Waals surface area (Å²) in [5, 5.41) is 2.49. The van der Waals surface area contributed by atoms with Crippen LogP contribution in [-0.4, -0.2) is 4.57 Å². The van der Waals surface area contributed by atoms with Crippen molar-refractivity contribution in [3.63, 3.8) is 0 Å². The standard InChI is InChI=1S/C45H34N2/c1-45(2)39-24-14-12-22-35(39)36-27-26-34(30-40(36)45)46(32-18-8-4-9-19-32)42-29-28-38-37-23-13-15-25-41(37)47(33-20-10-5-11-21-33)44(38)43(42)31-16-6-3-7-17-31/h3-30H,1-2H3. The average molecular weight is 603 g/mol. The highest BCUT2D eigenvalue weighted by Crippen LogP contribution is 2.52. The minimum Gasteiger partial charge on any atom is -0.310 e. The van der Waals surface area contributed by atoms with E-state index in [1.807, 2.05) is 0 Å². The van der Waals surface area contributed by atoms with Crippen LogP contribution < -0.4 is 4.90 Å². The van der Waals surface area contributed by atoms with Gasteiger partial charge in [-0.1, -0.05) is 135 Å². The molecule has 0 saturated heterocycles. The molecule has 7 aromatic carbocycles. The maximum atomic E-state index is 2.45. The molecule has 0 saturated carbocycles. The minimum absolute atomic E-state index is 0.101. The summed E-state index contributed by atoms with van der Waals surface area (Å²) in [5.41, 5.74) is 14.7. The Kier molecular flexibility index (Phi) is 6.20. The first kappa shape index (κ1) is 27.5. The first-order chi connectivity index (χ1) is 23.1. The number of anilines is 3. The van der Waals surface area contributed by atoms with E-state index < -0.39 is 0 Å². The van der Waals surface area contributed by atoms with Gasteiger partial charge >= 0.3 is 0 Å². The predicted octanol–water partition coefficient (Wildman–Crippen LogP) is 12.2. The van der Waals surface area contributed by atoms with E-state index in [0.717, 1.165) is 22.7 Å². The first-order valence-electron chi connectivity index (χ1n) is 16.4. The molecule has 0 radical (unpaired) electrons. The van der Waals surface area contributed by atoms with E-state index >= 15 is 0 Å². The molecule has 0 unspecified atom stereocenters. The number of para-hydroxylation sites is 3. The summed E-state index contributed by atoms with van der Waals surface area (Å²) in [6.07, 6.45) is 0. The van der Waals surface area contributed by atoms with E-state index in [0.29, 0.717) is 0 Å². The molecule has 0 bridgehead atoms. The lowest BCUT2D eigenvalue weighted by Gasteiger charge is -2.30. The Labute approximate surface area is 275 Å². The number of benzene rings is 7. The third kappa shape index (κ3) is 4.18. The Morgan fingerprint density at radius 1 is 0.489 bits per heavy atom. The molecule has 0 atom stereocenters. The zero-order chi connectivity index (χ0) is 31.5. The van der Waals surface area contributed by atoms with Gasteiger partial charge in [0.05, 0.1) is 16.7 Å².